The molecule has 14 heteroatoms. The van der Waals surface area contributed by atoms with Crippen molar-refractivity contribution in [2.24, 2.45) is 0 Å². The summed E-state index contributed by atoms with van der Waals surface area (Å²) in [5.74, 6) is 0.314. The van der Waals surface area contributed by atoms with Crippen molar-refractivity contribution in [1.82, 2.24) is 30.2 Å². The number of carbonyl (C=O) groups excluding carboxylic acids is 2. The summed E-state index contributed by atoms with van der Waals surface area (Å²) in [5.41, 5.74) is 2.41. The first-order chi connectivity index (χ1) is 23.5. The summed E-state index contributed by atoms with van der Waals surface area (Å²) in [6.45, 7) is 9.04. The second-order valence-electron chi connectivity index (χ2n) is 13.4. The number of hydrogen-bond acceptors (Lipinski definition) is 11. The number of likely N-dealkylation sites (N-methyl/N-ethyl adjacent to an activating group) is 1. The summed E-state index contributed by atoms with van der Waals surface area (Å²) >= 11 is 0. The number of aromatic nitrogens is 4. The molecule has 6 rings (SSSR count). The lowest BCUT2D eigenvalue weighted by Gasteiger charge is -2.23. The Hall–Kier alpha value is -4.79. The van der Waals surface area contributed by atoms with Crippen molar-refractivity contribution < 1.29 is 29.3 Å². The lowest BCUT2D eigenvalue weighted by atomic mass is 9.91. The number of hydrogen-bond donors (Lipinski definition) is 5. The van der Waals surface area contributed by atoms with Crippen LogP contribution in [-0.4, -0.2) is 97.9 Å². The van der Waals surface area contributed by atoms with E-state index in [1.54, 1.807) is 6.92 Å². The van der Waals surface area contributed by atoms with Crippen LogP contribution in [0.15, 0.2) is 67.0 Å². The molecule has 0 spiro atoms. The number of nitrogens with zero attached hydrogens (tertiary/aromatic N) is 5. The highest BCUT2D eigenvalue weighted by Gasteiger charge is 2.47. The summed E-state index contributed by atoms with van der Waals surface area (Å²) in [7, 11) is 0. The number of ether oxygens (including phenoxy) is 2. The molecule has 0 radical (unpaired) electrons. The number of rotatable bonds is 10. The fraction of sp³-hybridized carbons (Fsp3) is 0.457. The van der Waals surface area contributed by atoms with Crippen molar-refractivity contribution in [3.63, 3.8) is 0 Å². The van der Waals surface area contributed by atoms with E-state index in [1.165, 1.54) is 10.9 Å². The van der Waals surface area contributed by atoms with Gasteiger partial charge >= 0.3 is 6.09 Å². The van der Waals surface area contributed by atoms with Crippen molar-refractivity contribution in [3.8, 4) is 0 Å². The van der Waals surface area contributed by atoms with Gasteiger partial charge in [0.15, 0.2) is 29.3 Å². The van der Waals surface area contributed by atoms with Crippen LogP contribution in [0.25, 0.3) is 11.2 Å². The minimum atomic E-state index is -1.45. The number of amides is 2. The van der Waals surface area contributed by atoms with Gasteiger partial charge in [-0.2, -0.15) is 9.97 Å². The lowest BCUT2D eigenvalue weighted by Crippen LogP contribution is -2.42. The van der Waals surface area contributed by atoms with Gasteiger partial charge in [-0.3, -0.25) is 9.36 Å². The number of benzene rings is 2. The second-order valence-corrected chi connectivity index (χ2v) is 13.4. The van der Waals surface area contributed by atoms with Crippen LogP contribution in [0, 0.1) is 0 Å². The van der Waals surface area contributed by atoms with Crippen molar-refractivity contribution in [3.05, 3.63) is 78.1 Å². The Labute approximate surface area is 284 Å². The van der Waals surface area contributed by atoms with Gasteiger partial charge in [-0.1, -0.05) is 60.7 Å². The first-order valence-electron chi connectivity index (χ1n) is 16.6. The molecule has 0 bridgehead atoms. The highest BCUT2D eigenvalue weighted by molar-refractivity contribution is 5.85. The van der Waals surface area contributed by atoms with E-state index < -0.39 is 42.1 Å². The van der Waals surface area contributed by atoms with E-state index >= 15 is 0 Å². The first-order valence-corrected chi connectivity index (χ1v) is 16.6. The van der Waals surface area contributed by atoms with Crippen LogP contribution in [-0.2, 0) is 14.3 Å². The highest BCUT2D eigenvalue weighted by atomic mass is 16.6. The number of aliphatic hydroxyl groups excluding tert-OH is 2. The number of alkyl carbamates (subject to hydrolysis) is 1. The Morgan fingerprint density at radius 3 is 2.33 bits per heavy atom. The molecule has 2 fully saturated rings. The SMILES string of the molecule is CCNC(=O)[C@@H]1O[C@@H](n2cnc3c(NCC(c4ccccc4)c4ccccc4)nc(N4CC[C@@H](NC(=O)OC(C)(C)C)C4)nc32)[C@H](O)[C@H]1O. The molecule has 4 heterocycles. The van der Waals surface area contributed by atoms with Crippen LogP contribution in [0.3, 0.4) is 0 Å². The molecule has 5 N–H and O–H groups in total. The number of fused-ring (bicyclic) bond motifs is 1. The predicted molar refractivity (Wildman–Crippen MR) is 183 cm³/mol. The standard InChI is InChI=1S/C35H44N8O6/c1-5-36-31(46)28-26(44)27(45)32(48-28)43-20-38-25-29(37-18-24(21-12-8-6-9-13-21)22-14-10-7-11-15-22)40-33(41-30(25)43)42-17-16-23(19-42)39-34(47)49-35(2,3)4/h6-15,20,23-24,26-28,32,44-45H,5,16-19H2,1-4H3,(H,36,46)(H,39,47)(H,37,40,41)/t23-,26-,27-,28-,32-/m1/s1. The normalized spacial score (nSPS) is 22.4. The maximum absolute atomic E-state index is 12.6. The number of carbonyl (C=O) groups is 2. The molecule has 4 aromatic rings. The largest absolute Gasteiger partial charge is 0.444 e. The van der Waals surface area contributed by atoms with Gasteiger partial charge in [0.05, 0.1) is 12.4 Å². The summed E-state index contributed by atoms with van der Waals surface area (Å²) < 4.78 is 12.9. The molecule has 49 heavy (non-hydrogen) atoms. The Morgan fingerprint density at radius 1 is 1.02 bits per heavy atom. The van der Waals surface area contributed by atoms with Gasteiger partial charge in [-0.15, -0.1) is 0 Å². The Bertz CT molecular complexity index is 1710. The lowest BCUT2D eigenvalue weighted by molar-refractivity contribution is -0.137. The molecule has 14 nitrogen and oxygen atoms in total. The molecule has 260 valence electrons. The van der Waals surface area contributed by atoms with Crippen molar-refractivity contribution in [2.45, 2.75) is 76.2 Å². The summed E-state index contributed by atoms with van der Waals surface area (Å²) in [5, 5.41) is 30.9. The van der Waals surface area contributed by atoms with Crippen LogP contribution in [0.2, 0.25) is 0 Å². The predicted octanol–water partition coefficient (Wildman–Crippen LogP) is 2.93. The van der Waals surface area contributed by atoms with Gasteiger partial charge in [0, 0.05) is 32.1 Å². The molecule has 0 aliphatic carbocycles. The van der Waals surface area contributed by atoms with Gasteiger partial charge in [-0.25, -0.2) is 9.78 Å². The molecule has 2 aliphatic heterocycles. The molecule has 2 aromatic heterocycles. The second kappa shape index (κ2) is 14.4. The zero-order valence-corrected chi connectivity index (χ0v) is 28.1. The summed E-state index contributed by atoms with van der Waals surface area (Å²) in [6.07, 6.45) is -3.65. The quantitative estimate of drug-likeness (QED) is 0.168. The van der Waals surface area contributed by atoms with E-state index in [-0.39, 0.29) is 12.0 Å². The van der Waals surface area contributed by atoms with Crippen LogP contribution in [0.1, 0.15) is 57.4 Å². The molecule has 2 aliphatic rings. The van der Waals surface area contributed by atoms with Gasteiger partial charge in [0.2, 0.25) is 5.95 Å². The highest BCUT2D eigenvalue weighted by Crippen LogP contribution is 2.34. The zero-order valence-electron chi connectivity index (χ0n) is 28.1. The smallest absolute Gasteiger partial charge is 0.407 e. The average molecular weight is 673 g/mol. The van der Waals surface area contributed by atoms with Crippen LogP contribution >= 0.6 is 0 Å². The molecule has 5 atom stereocenters. The Morgan fingerprint density at radius 2 is 1.69 bits per heavy atom. The van der Waals surface area contributed by atoms with E-state index in [1.807, 2.05) is 62.1 Å². The van der Waals surface area contributed by atoms with E-state index in [4.69, 9.17) is 19.4 Å². The first kappa shape index (κ1) is 34.1. The van der Waals surface area contributed by atoms with Gasteiger partial charge in [0.1, 0.15) is 17.8 Å². The molecule has 0 unspecified atom stereocenters. The van der Waals surface area contributed by atoms with Crippen LogP contribution < -0.4 is 20.9 Å². The van der Waals surface area contributed by atoms with E-state index in [0.717, 1.165) is 11.1 Å². The molecular weight excluding hydrogens is 628 g/mol. The average Bonchev–Trinajstić information content (AvgIpc) is 3.79. The third kappa shape index (κ3) is 7.61. The summed E-state index contributed by atoms with van der Waals surface area (Å²) in [6, 6.07) is 20.2. The fourth-order valence-corrected chi connectivity index (χ4v) is 6.27. The molecular formula is C35H44N8O6. The van der Waals surface area contributed by atoms with Crippen LogP contribution in [0.5, 0.6) is 0 Å². The molecule has 2 amide bonds. The zero-order chi connectivity index (χ0) is 34.7. The fourth-order valence-electron chi connectivity index (χ4n) is 6.27. The molecule has 2 aromatic carbocycles. The molecule has 2 saturated heterocycles. The minimum absolute atomic E-state index is 0.0138. The van der Waals surface area contributed by atoms with E-state index in [2.05, 4.69) is 45.2 Å². The third-order valence-electron chi connectivity index (χ3n) is 8.60. The number of nitrogens with one attached hydrogen (secondary N) is 3. The molecule has 0 saturated carbocycles. The Kier molecular flexibility index (Phi) is 9.99. The van der Waals surface area contributed by atoms with Crippen LogP contribution in [0.4, 0.5) is 16.6 Å². The van der Waals surface area contributed by atoms with E-state index in [0.29, 0.717) is 55.5 Å². The minimum Gasteiger partial charge on any atom is -0.444 e. The number of anilines is 2. The monoisotopic (exact) mass is 672 g/mol. The summed E-state index contributed by atoms with van der Waals surface area (Å²) in [4.78, 5) is 41.5. The maximum atomic E-state index is 12.6. The maximum Gasteiger partial charge on any atom is 0.407 e. The number of aliphatic hydroxyl groups is 2. The third-order valence-corrected chi connectivity index (χ3v) is 8.60. The Balaban J connectivity index is 1.33. The van der Waals surface area contributed by atoms with Crippen molar-refractivity contribution in [1.29, 1.82) is 0 Å². The van der Waals surface area contributed by atoms with E-state index in [9.17, 15) is 19.8 Å². The van der Waals surface area contributed by atoms with Gasteiger partial charge in [0.25, 0.3) is 5.91 Å². The van der Waals surface area contributed by atoms with Crippen molar-refractivity contribution in [2.75, 3.05) is 36.4 Å². The van der Waals surface area contributed by atoms with Crippen molar-refractivity contribution >= 4 is 34.9 Å². The van der Waals surface area contributed by atoms with Gasteiger partial charge in [-0.05, 0) is 45.2 Å². The topological polar surface area (TPSA) is 176 Å². The van der Waals surface area contributed by atoms with Gasteiger partial charge < -0.3 is 40.5 Å². The number of imidazole rings is 1.